The molecule has 150 valence electrons. The number of aliphatic hydroxyl groups excluding tert-OH is 1. The fraction of sp³-hybridized carbons (Fsp3) is 0.650. The molecular formula is C20H29FN2O4. The molecule has 7 heteroatoms. The minimum Gasteiger partial charge on any atom is -0.494 e. The second-order valence-electron chi connectivity index (χ2n) is 7.79. The third-order valence-corrected chi connectivity index (χ3v) is 5.98. The first kappa shape index (κ1) is 20.0. The molecule has 2 atom stereocenters. The molecule has 0 unspecified atom stereocenters. The van der Waals surface area contributed by atoms with Crippen molar-refractivity contribution in [2.45, 2.75) is 31.5 Å². The quantitative estimate of drug-likeness (QED) is 0.815. The molecule has 2 fully saturated rings. The number of carbonyl (C=O) groups is 1. The van der Waals surface area contributed by atoms with E-state index in [0.717, 1.165) is 6.54 Å². The van der Waals surface area contributed by atoms with E-state index in [4.69, 9.17) is 9.47 Å². The molecule has 1 aromatic rings. The van der Waals surface area contributed by atoms with Crippen LogP contribution in [0.3, 0.4) is 0 Å². The van der Waals surface area contributed by atoms with Crippen LogP contribution in [0.15, 0.2) is 18.2 Å². The van der Waals surface area contributed by atoms with Crippen LogP contribution in [0.2, 0.25) is 0 Å². The average molecular weight is 380 g/mol. The molecule has 1 saturated carbocycles. The van der Waals surface area contributed by atoms with E-state index < -0.39 is 5.82 Å². The van der Waals surface area contributed by atoms with Crippen molar-refractivity contribution in [2.24, 2.45) is 5.41 Å². The molecule has 27 heavy (non-hydrogen) atoms. The van der Waals surface area contributed by atoms with Gasteiger partial charge in [-0.3, -0.25) is 4.79 Å². The number of methoxy groups -OCH3 is 1. The number of aliphatic hydroxyl groups is 1. The summed E-state index contributed by atoms with van der Waals surface area (Å²) in [4.78, 5) is 16.5. The smallest absolute Gasteiger partial charge is 0.253 e. The van der Waals surface area contributed by atoms with Crippen LogP contribution in [0.1, 0.15) is 29.6 Å². The Morgan fingerprint density at radius 1 is 1.37 bits per heavy atom. The third-order valence-electron chi connectivity index (χ3n) is 5.98. The third kappa shape index (κ3) is 3.95. The van der Waals surface area contributed by atoms with Gasteiger partial charge in [0, 0.05) is 37.0 Å². The summed E-state index contributed by atoms with van der Waals surface area (Å²) in [5.41, 5.74) is 0.0611. The minimum absolute atomic E-state index is 0.0446. The van der Waals surface area contributed by atoms with Gasteiger partial charge in [0.25, 0.3) is 5.91 Å². The number of rotatable bonds is 6. The maximum absolute atomic E-state index is 13.9. The van der Waals surface area contributed by atoms with Crippen LogP contribution >= 0.6 is 0 Å². The first-order chi connectivity index (χ1) is 12.9. The molecule has 3 rings (SSSR count). The Morgan fingerprint density at radius 2 is 2.07 bits per heavy atom. The molecule has 6 nitrogen and oxygen atoms in total. The van der Waals surface area contributed by atoms with Gasteiger partial charge in [-0.1, -0.05) is 0 Å². The molecule has 1 aliphatic heterocycles. The van der Waals surface area contributed by atoms with E-state index in [1.54, 1.807) is 11.0 Å². The summed E-state index contributed by atoms with van der Waals surface area (Å²) in [6.07, 6.45) is 1.72. The van der Waals surface area contributed by atoms with Crippen molar-refractivity contribution in [2.75, 3.05) is 47.4 Å². The van der Waals surface area contributed by atoms with Gasteiger partial charge in [0.15, 0.2) is 11.6 Å². The lowest BCUT2D eigenvalue weighted by molar-refractivity contribution is -0.209. The van der Waals surface area contributed by atoms with E-state index in [1.807, 2.05) is 14.1 Å². The summed E-state index contributed by atoms with van der Waals surface area (Å²) in [5, 5.41) is 10.4. The van der Waals surface area contributed by atoms with Crippen LogP contribution in [0.4, 0.5) is 4.39 Å². The first-order valence-electron chi connectivity index (χ1n) is 9.44. The Morgan fingerprint density at radius 3 is 2.63 bits per heavy atom. The van der Waals surface area contributed by atoms with Crippen LogP contribution < -0.4 is 4.74 Å². The predicted octanol–water partition coefficient (Wildman–Crippen LogP) is 1.77. The highest BCUT2D eigenvalue weighted by molar-refractivity contribution is 5.94. The second kappa shape index (κ2) is 8.12. The maximum atomic E-state index is 13.9. The number of likely N-dealkylation sites (tertiary alicyclic amines) is 1. The van der Waals surface area contributed by atoms with Crippen LogP contribution in [0, 0.1) is 11.2 Å². The number of piperidine rings is 1. The zero-order chi connectivity index (χ0) is 19.6. The number of carbonyl (C=O) groups excluding carboxylic acids is 1. The van der Waals surface area contributed by atoms with Crippen molar-refractivity contribution in [3.8, 4) is 5.75 Å². The Bertz CT molecular complexity index is 674. The highest BCUT2D eigenvalue weighted by Gasteiger charge is 2.56. The van der Waals surface area contributed by atoms with Crippen LogP contribution in [0.5, 0.6) is 5.75 Å². The largest absolute Gasteiger partial charge is 0.494 e. The molecule has 1 N–H and O–H groups in total. The molecule has 0 bridgehead atoms. The van der Waals surface area contributed by atoms with Gasteiger partial charge >= 0.3 is 0 Å². The highest BCUT2D eigenvalue weighted by Crippen LogP contribution is 2.51. The molecule has 0 radical (unpaired) electrons. The van der Waals surface area contributed by atoms with E-state index in [0.29, 0.717) is 44.5 Å². The van der Waals surface area contributed by atoms with Gasteiger partial charge in [-0.2, -0.15) is 0 Å². The van der Waals surface area contributed by atoms with Crippen molar-refractivity contribution >= 4 is 5.91 Å². The summed E-state index contributed by atoms with van der Waals surface area (Å²) in [6.45, 7) is 2.56. The Balaban J connectivity index is 1.59. The number of ether oxygens (including phenoxy) is 2. The molecule has 1 amide bonds. The standard InChI is InChI=1S/C20H29FN2O4/c1-22(2)10-11-27-18-13-17(24)20(18)6-8-23(9-7-20)19(25)14-4-5-16(26-3)15(21)12-14/h4-5,12,17-18,24H,6-11,13H2,1-3H3/t17-,18+/m1/s1. The average Bonchev–Trinajstić information content (AvgIpc) is 2.66. The van der Waals surface area contributed by atoms with Crippen LogP contribution in [-0.4, -0.2) is 80.5 Å². The molecule has 1 heterocycles. The maximum Gasteiger partial charge on any atom is 0.253 e. The van der Waals surface area contributed by atoms with Crippen molar-refractivity contribution in [3.63, 3.8) is 0 Å². The monoisotopic (exact) mass is 380 g/mol. The number of hydrogen-bond acceptors (Lipinski definition) is 5. The van der Waals surface area contributed by atoms with Crippen LogP contribution in [-0.2, 0) is 4.74 Å². The van der Waals surface area contributed by atoms with E-state index >= 15 is 0 Å². The van der Waals surface area contributed by atoms with Crippen molar-refractivity contribution in [1.82, 2.24) is 9.80 Å². The van der Waals surface area contributed by atoms with Crippen molar-refractivity contribution < 1.29 is 23.8 Å². The van der Waals surface area contributed by atoms with E-state index in [1.165, 1.54) is 19.2 Å². The normalized spacial score (nSPS) is 24.1. The summed E-state index contributed by atoms with van der Waals surface area (Å²) in [5.74, 6) is -0.606. The fourth-order valence-electron chi connectivity index (χ4n) is 4.10. The van der Waals surface area contributed by atoms with Crippen molar-refractivity contribution in [1.29, 1.82) is 0 Å². The van der Waals surface area contributed by atoms with E-state index in [9.17, 15) is 14.3 Å². The number of nitrogens with zero attached hydrogens (tertiary/aromatic N) is 2. The lowest BCUT2D eigenvalue weighted by atomic mass is 9.58. The number of benzene rings is 1. The van der Waals surface area contributed by atoms with Gasteiger partial charge in [-0.25, -0.2) is 4.39 Å². The van der Waals surface area contributed by atoms with Crippen molar-refractivity contribution in [3.05, 3.63) is 29.6 Å². The topological polar surface area (TPSA) is 62.2 Å². The molecular weight excluding hydrogens is 351 g/mol. The predicted molar refractivity (Wildman–Crippen MR) is 99.4 cm³/mol. The van der Waals surface area contributed by atoms with Gasteiger partial charge < -0.3 is 24.4 Å². The SMILES string of the molecule is COc1ccc(C(=O)N2CCC3(CC2)[C@H](O)C[C@@H]3OCCN(C)C)cc1F. The zero-order valence-corrected chi connectivity index (χ0v) is 16.3. The molecule has 1 saturated heterocycles. The Kier molecular flexibility index (Phi) is 6.03. The second-order valence-corrected chi connectivity index (χ2v) is 7.79. The van der Waals surface area contributed by atoms with Gasteiger partial charge in [-0.05, 0) is 45.1 Å². The summed E-state index contributed by atoms with van der Waals surface area (Å²) in [7, 11) is 5.40. The molecule has 1 spiro atoms. The zero-order valence-electron chi connectivity index (χ0n) is 16.3. The first-order valence-corrected chi connectivity index (χ1v) is 9.44. The van der Waals surface area contributed by atoms with Crippen LogP contribution in [0.25, 0.3) is 0 Å². The van der Waals surface area contributed by atoms with Gasteiger partial charge in [0.1, 0.15) is 0 Å². The number of halogens is 1. The molecule has 2 aliphatic rings. The molecule has 1 aromatic carbocycles. The summed E-state index contributed by atoms with van der Waals surface area (Å²) < 4.78 is 24.8. The summed E-state index contributed by atoms with van der Waals surface area (Å²) >= 11 is 0. The van der Waals surface area contributed by atoms with E-state index in [2.05, 4.69) is 4.90 Å². The van der Waals surface area contributed by atoms with Gasteiger partial charge in [-0.15, -0.1) is 0 Å². The number of likely N-dealkylation sites (N-methyl/N-ethyl adjacent to an activating group) is 1. The lowest BCUT2D eigenvalue weighted by Crippen LogP contribution is -2.63. The summed E-state index contributed by atoms with van der Waals surface area (Å²) in [6, 6.07) is 4.27. The minimum atomic E-state index is -0.541. The Hall–Kier alpha value is -1.70. The van der Waals surface area contributed by atoms with Gasteiger partial charge in [0.05, 0.1) is 25.9 Å². The number of hydrogen-bond donors (Lipinski definition) is 1. The van der Waals surface area contributed by atoms with Gasteiger partial charge in [0.2, 0.25) is 0 Å². The Labute approximate surface area is 159 Å². The number of amides is 1. The molecule has 0 aromatic heterocycles. The van der Waals surface area contributed by atoms with E-state index in [-0.39, 0.29) is 29.3 Å². The lowest BCUT2D eigenvalue weighted by Gasteiger charge is -2.56. The highest BCUT2D eigenvalue weighted by atomic mass is 19.1. The molecule has 1 aliphatic carbocycles. The fourth-order valence-corrected chi connectivity index (χ4v) is 4.10.